The number of nitrogens with one attached hydrogen (secondary N) is 2. The van der Waals surface area contributed by atoms with E-state index in [9.17, 15) is 33.9 Å². The number of rotatable bonds is 17. The molecule has 4 amide bonds. The molecule has 0 spiro atoms. The first-order valence-electron chi connectivity index (χ1n) is 24.0. The summed E-state index contributed by atoms with van der Waals surface area (Å²) in [6.45, 7) is 10.4. The summed E-state index contributed by atoms with van der Waals surface area (Å²) in [6.07, 6.45) is 12.7. The normalized spacial score (nSPS) is 18.4. The lowest BCUT2D eigenvalue weighted by molar-refractivity contribution is -0.143. The molecule has 1 aromatic carbocycles. The monoisotopic (exact) mass is 949 g/mol. The third-order valence-electron chi connectivity index (χ3n) is 14.0. The maximum absolute atomic E-state index is 14.0. The number of imide groups is 1. The number of piperazine rings is 1. The van der Waals surface area contributed by atoms with Crippen molar-refractivity contribution in [3.63, 3.8) is 0 Å². The largest absolute Gasteiger partial charge is 0.392 e. The van der Waals surface area contributed by atoms with Crippen LogP contribution in [-0.4, -0.2) is 145 Å². The van der Waals surface area contributed by atoms with Crippen LogP contribution in [0.1, 0.15) is 60.9 Å². The molecule has 17 nitrogen and oxygen atoms in total. The predicted molar refractivity (Wildman–Crippen MR) is 277 cm³/mol. The third kappa shape index (κ3) is 10.0. The second-order valence-corrected chi connectivity index (χ2v) is 19.7. The molecule has 4 aromatic rings. The number of carbonyl (C=O) groups is 5. The molecule has 22 heteroatoms. The van der Waals surface area contributed by atoms with Gasteiger partial charge in [-0.3, -0.25) is 33.8 Å². The summed E-state index contributed by atoms with van der Waals surface area (Å²) in [7, 11) is 13.0. The SMILES string of the molecule is CNC(=O)CCC(C=O)N1C(=O)C2=C(C=CC(C)([B][B][B][B][B]N3CCN(c4ccc(Nc5nc(-c6ccnc(N7CCn8c(cc9c8CC(C)(C)C9)C7=O)c6CO)cn(C)c5=O)cc4)CC3)C=C2)C1=O. The zero-order valence-corrected chi connectivity index (χ0v) is 40.7. The molecule has 9 rings (SSSR count). The van der Waals surface area contributed by atoms with Crippen molar-refractivity contribution in [2.24, 2.45) is 12.5 Å². The summed E-state index contributed by atoms with van der Waals surface area (Å²) in [6, 6.07) is 10.6. The van der Waals surface area contributed by atoms with Gasteiger partial charge in [0.15, 0.2) is 5.82 Å². The summed E-state index contributed by atoms with van der Waals surface area (Å²) in [5.41, 5.74) is 6.62. The van der Waals surface area contributed by atoms with Gasteiger partial charge in [0.1, 0.15) is 25.1 Å². The van der Waals surface area contributed by atoms with E-state index < -0.39 is 23.2 Å². The number of hydrogen-bond acceptors (Lipinski definition) is 12. The van der Waals surface area contributed by atoms with Gasteiger partial charge < -0.3 is 39.4 Å². The third-order valence-corrected chi connectivity index (χ3v) is 14.0. The number of anilines is 4. The molecule has 6 heterocycles. The highest BCUT2D eigenvalue weighted by molar-refractivity contribution is 7.53. The number of hydrogen-bond donors (Lipinski definition) is 3. The van der Waals surface area contributed by atoms with Gasteiger partial charge in [0.25, 0.3) is 23.3 Å². The Kier molecular flexibility index (Phi) is 14.0. The highest BCUT2D eigenvalue weighted by atomic mass is 16.3. The number of nitrogens with zero attached hydrogens (tertiary/aromatic N) is 8. The molecular weight excluding hydrogens is 895 g/mol. The van der Waals surface area contributed by atoms with Crippen LogP contribution in [-0.2, 0) is 52.2 Å². The number of pyridine rings is 1. The highest BCUT2D eigenvalue weighted by Gasteiger charge is 2.42. The quantitative estimate of drug-likeness (QED) is 0.0604. The van der Waals surface area contributed by atoms with Crippen molar-refractivity contribution in [3.8, 4) is 11.3 Å². The van der Waals surface area contributed by atoms with Crippen LogP contribution in [0.25, 0.3) is 11.3 Å². The molecule has 3 aliphatic heterocycles. The van der Waals surface area contributed by atoms with E-state index in [-0.39, 0.29) is 59.2 Å². The lowest BCUT2D eigenvalue weighted by Gasteiger charge is -2.36. The van der Waals surface area contributed by atoms with Crippen LogP contribution in [0.5, 0.6) is 0 Å². The molecule has 2 aliphatic carbocycles. The van der Waals surface area contributed by atoms with Crippen molar-refractivity contribution in [2.45, 2.75) is 71.0 Å². The maximum Gasteiger partial charge on any atom is 0.293 e. The van der Waals surface area contributed by atoms with Gasteiger partial charge in [-0.05, 0) is 72.0 Å². The molecular formula is C49H54B5N10O7. The summed E-state index contributed by atoms with van der Waals surface area (Å²) in [5, 5.41) is 15.9. The number of fused-ring (bicyclic) bond motifs is 3. The Morgan fingerprint density at radius 3 is 2.30 bits per heavy atom. The van der Waals surface area contributed by atoms with E-state index in [4.69, 9.17) is 4.98 Å². The number of benzene rings is 1. The molecule has 1 fully saturated rings. The lowest BCUT2D eigenvalue weighted by Crippen LogP contribution is -2.50. The number of aliphatic hydroxyl groups excluding tert-OH is 1. The maximum atomic E-state index is 14.0. The van der Waals surface area contributed by atoms with Crippen LogP contribution < -0.4 is 26.0 Å². The van der Waals surface area contributed by atoms with E-state index in [1.165, 1.54) is 22.9 Å². The lowest BCUT2D eigenvalue weighted by atomic mass is 9.00. The average molecular weight is 949 g/mol. The molecule has 3 N–H and O–H groups in total. The number of amides is 4. The molecule has 3 aromatic heterocycles. The van der Waals surface area contributed by atoms with Crippen LogP contribution in [0.3, 0.4) is 0 Å². The Morgan fingerprint density at radius 2 is 1.62 bits per heavy atom. The van der Waals surface area contributed by atoms with E-state index >= 15 is 0 Å². The number of carbonyl (C=O) groups excluding carboxylic acids is 5. The Hall–Kier alpha value is -6.66. The van der Waals surface area contributed by atoms with Crippen LogP contribution in [0.15, 0.2) is 89.0 Å². The van der Waals surface area contributed by atoms with Gasteiger partial charge in [0.2, 0.25) is 5.91 Å². The number of allylic oxidation sites excluding steroid dienone is 2. The summed E-state index contributed by atoms with van der Waals surface area (Å²) >= 11 is 0. The fourth-order valence-electron chi connectivity index (χ4n) is 10.1. The molecule has 71 heavy (non-hydrogen) atoms. The fourth-order valence-corrected chi connectivity index (χ4v) is 10.1. The number of aromatic nitrogens is 4. The Bertz CT molecular complexity index is 2910. The standard InChI is InChI=1S/C49H54B5N10O7/c1-48(2)25-30-24-39-46(70)63(23-22-62(39)40(30)26-48)43-37(29-66)34(14-17-56-43)38-27-59(5)47(71)42(58-38)57-31-6-8-32(9-7-31)60-18-20-61(21-19-60)54-53-52-51-50-49(3)15-12-35-36(13-16-49)45(69)64(44(35)68)33(28-65)10-11-41(67)55-4/h6-9,12-17,24,27-28,33,66H,10-11,18-23,25-26,29H2,1-5H3,(H,55,67)(H,57,58). The van der Waals surface area contributed by atoms with Crippen molar-refractivity contribution in [2.75, 3.05) is 54.9 Å². The van der Waals surface area contributed by atoms with Gasteiger partial charge in [-0.1, -0.05) is 45.1 Å². The van der Waals surface area contributed by atoms with Gasteiger partial charge in [0.05, 0.1) is 36.7 Å². The zero-order chi connectivity index (χ0) is 50.2. The van der Waals surface area contributed by atoms with E-state index in [2.05, 4.69) is 51.0 Å². The predicted octanol–water partition coefficient (Wildman–Crippen LogP) is 1.95. The van der Waals surface area contributed by atoms with Crippen LogP contribution in [0, 0.1) is 5.41 Å². The summed E-state index contributed by atoms with van der Waals surface area (Å²) in [4.78, 5) is 93.9. The second-order valence-electron chi connectivity index (χ2n) is 19.7. The van der Waals surface area contributed by atoms with Crippen molar-refractivity contribution in [3.05, 3.63) is 117 Å². The first kappa shape index (κ1) is 49.3. The zero-order valence-electron chi connectivity index (χ0n) is 40.7. The number of aryl methyl sites for hydroxylation is 1. The van der Waals surface area contributed by atoms with Crippen LogP contribution >= 0.6 is 0 Å². The van der Waals surface area contributed by atoms with Gasteiger partial charge >= 0.3 is 0 Å². The van der Waals surface area contributed by atoms with Crippen molar-refractivity contribution >= 4 is 88.6 Å². The smallest absolute Gasteiger partial charge is 0.293 e. The van der Waals surface area contributed by atoms with E-state index in [0.717, 1.165) is 49.6 Å². The molecule has 357 valence electrons. The summed E-state index contributed by atoms with van der Waals surface area (Å²) in [5.74, 6) is -1.03. The van der Waals surface area contributed by atoms with Crippen LogP contribution in [0.2, 0.25) is 5.31 Å². The second kappa shape index (κ2) is 20.2. The number of aliphatic hydroxyl groups is 1. The fraction of sp³-hybridized carbons (Fsp3) is 0.388. The molecule has 5 aliphatic rings. The Morgan fingerprint density at radius 1 is 0.901 bits per heavy atom. The topological polar surface area (TPSA) is 195 Å². The first-order valence-corrected chi connectivity index (χ1v) is 24.0. The van der Waals surface area contributed by atoms with Crippen molar-refractivity contribution in [1.29, 1.82) is 0 Å². The highest BCUT2D eigenvalue weighted by Crippen LogP contribution is 2.41. The van der Waals surface area contributed by atoms with Crippen LogP contribution in [0.4, 0.5) is 23.0 Å². The van der Waals surface area contributed by atoms with Gasteiger partial charge in [-0.2, -0.15) is 0 Å². The molecule has 1 atom stereocenters. The number of aldehydes is 1. The van der Waals surface area contributed by atoms with Crippen molar-refractivity contribution < 1.29 is 29.1 Å². The Labute approximate surface area is 417 Å². The molecule has 5 radical (unpaired) electrons. The minimum absolute atomic E-state index is 0.0154. The first-order chi connectivity index (χ1) is 34.1. The Balaban J connectivity index is 0.752. The van der Waals surface area contributed by atoms with E-state index in [1.807, 2.05) is 77.8 Å². The van der Waals surface area contributed by atoms with Crippen molar-refractivity contribution in [1.82, 2.24) is 34.1 Å². The molecule has 1 saturated heterocycles. The van der Waals surface area contributed by atoms with Gasteiger partial charge in [0, 0.05) is 122 Å². The summed E-state index contributed by atoms with van der Waals surface area (Å²) < 4.78 is 3.60. The molecule has 0 bridgehead atoms. The van der Waals surface area contributed by atoms with Gasteiger partial charge in [-0.15, -0.1) is 0 Å². The minimum Gasteiger partial charge on any atom is -0.392 e. The average Bonchev–Trinajstić information content (AvgIpc) is 3.89. The molecule has 1 unspecified atom stereocenters. The van der Waals surface area contributed by atoms with Gasteiger partial charge in [-0.25, -0.2) is 9.97 Å². The van der Waals surface area contributed by atoms with E-state index in [1.54, 1.807) is 42.6 Å². The van der Waals surface area contributed by atoms with E-state index in [0.29, 0.717) is 53.4 Å². The minimum atomic E-state index is -1.02. The molecule has 0 saturated carbocycles.